The van der Waals surface area contributed by atoms with E-state index in [0.29, 0.717) is 6.04 Å². The average Bonchev–Trinajstić information content (AvgIpc) is 2.89. The Kier molecular flexibility index (Phi) is 4.64. The van der Waals surface area contributed by atoms with Gasteiger partial charge in [0.25, 0.3) is 0 Å². The second-order valence-electron chi connectivity index (χ2n) is 5.95. The van der Waals surface area contributed by atoms with Gasteiger partial charge in [-0.1, -0.05) is 6.07 Å². The van der Waals surface area contributed by atoms with E-state index in [4.69, 9.17) is 0 Å². The summed E-state index contributed by atoms with van der Waals surface area (Å²) < 4.78 is 0. The minimum absolute atomic E-state index is 0.271. The summed E-state index contributed by atoms with van der Waals surface area (Å²) in [4.78, 5) is 2.56. The van der Waals surface area contributed by atoms with E-state index >= 15 is 0 Å². The Hall–Kier alpha value is -0.860. The maximum absolute atomic E-state index is 9.45. The van der Waals surface area contributed by atoms with E-state index in [0.717, 1.165) is 6.42 Å². The summed E-state index contributed by atoms with van der Waals surface area (Å²) >= 11 is 0. The summed E-state index contributed by atoms with van der Waals surface area (Å²) in [5.74, 6) is 0. The number of rotatable bonds is 4. The fourth-order valence-corrected chi connectivity index (χ4v) is 3.43. The second kappa shape index (κ2) is 6.06. The van der Waals surface area contributed by atoms with Gasteiger partial charge in [-0.25, -0.2) is 0 Å². The minimum Gasteiger partial charge on any atom is -0.396 e. The van der Waals surface area contributed by atoms with Crippen LogP contribution in [0.5, 0.6) is 0 Å². The summed E-state index contributed by atoms with van der Waals surface area (Å²) in [6.45, 7) is 11.5. The average molecular weight is 261 g/mol. The van der Waals surface area contributed by atoms with Crippen molar-refractivity contribution < 1.29 is 5.11 Å². The monoisotopic (exact) mass is 261 g/mol. The maximum Gasteiger partial charge on any atom is 0.0449 e. The van der Waals surface area contributed by atoms with Crippen molar-refractivity contribution in [3.8, 4) is 0 Å². The van der Waals surface area contributed by atoms with Crippen LogP contribution < -0.4 is 0 Å². The van der Waals surface area contributed by atoms with Gasteiger partial charge in [-0.05, 0) is 87.9 Å². The van der Waals surface area contributed by atoms with Crippen molar-refractivity contribution >= 4 is 0 Å². The molecule has 1 heterocycles. The Morgan fingerprint density at radius 2 is 1.58 bits per heavy atom. The highest BCUT2D eigenvalue weighted by Crippen LogP contribution is 2.34. The van der Waals surface area contributed by atoms with Crippen LogP contribution >= 0.6 is 0 Å². The first kappa shape index (κ1) is 14.5. The lowest BCUT2D eigenvalue weighted by atomic mass is 9.88. The molecule has 1 unspecified atom stereocenters. The maximum atomic E-state index is 9.45. The zero-order valence-electron chi connectivity index (χ0n) is 12.8. The highest BCUT2D eigenvalue weighted by atomic mass is 16.3. The Bertz CT molecular complexity index is 421. The molecule has 1 fully saturated rings. The van der Waals surface area contributed by atoms with E-state index in [9.17, 15) is 5.11 Å². The number of hydrogen-bond acceptors (Lipinski definition) is 2. The van der Waals surface area contributed by atoms with Crippen molar-refractivity contribution in [1.29, 1.82) is 0 Å². The summed E-state index contributed by atoms with van der Waals surface area (Å²) in [6, 6.07) is 2.68. The molecule has 1 N–H and O–H groups in total. The predicted octanol–water partition coefficient (Wildman–Crippen LogP) is 3.44. The molecule has 0 spiro atoms. The van der Waals surface area contributed by atoms with Gasteiger partial charge in [0.05, 0.1) is 0 Å². The van der Waals surface area contributed by atoms with E-state index < -0.39 is 0 Å². The Morgan fingerprint density at radius 1 is 1.05 bits per heavy atom. The number of nitrogens with zero attached hydrogens (tertiary/aromatic N) is 1. The van der Waals surface area contributed by atoms with E-state index in [1.807, 2.05) is 0 Å². The molecule has 0 saturated carbocycles. The molecule has 106 valence electrons. The minimum atomic E-state index is 0.271. The van der Waals surface area contributed by atoms with Gasteiger partial charge in [-0.3, -0.25) is 4.90 Å². The molecule has 1 aliphatic rings. The molecule has 0 bridgehead atoms. The van der Waals surface area contributed by atoms with Gasteiger partial charge >= 0.3 is 0 Å². The lowest BCUT2D eigenvalue weighted by Gasteiger charge is -2.31. The van der Waals surface area contributed by atoms with E-state index in [1.54, 1.807) is 0 Å². The van der Waals surface area contributed by atoms with Crippen molar-refractivity contribution in [3.05, 3.63) is 33.9 Å². The van der Waals surface area contributed by atoms with E-state index in [2.05, 4.69) is 38.7 Å². The third-order valence-corrected chi connectivity index (χ3v) is 4.74. The van der Waals surface area contributed by atoms with Crippen LogP contribution in [0.3, 0.4) is 0 Å². The highest BCUT2D eigenvalue weighted by Gasteiger charge is 2.26. The lowest BCUT2D eigenvalue weighted by molar-refractivity contribution is 0.184. The first-order valence-electron chi connectivity index (χ1n) is 7.48. The van der Waals surface area contributed by atoms with Crippen LogP contribution in [0.2, 0.25) is 0 Å². The largest absolute Gasteiger partial charge is 0.396 e. The molecular weight excluding hydrogens is 234 g/mol. The summed E-state index contributed by atoms with van der Waals surface area (Å²) in [5, 5.41) is 9.45. The van der Waals surface area contributed by atoms with Gasteiger partial charge in [-0.2, -0.15) is 0 Å². The summed E-state index contributed by atoms with van der Waals surface area (Å²) in [5.41, 5.74) is 7.04. The molecular formula is C17H27NO. The Balaban J connectivity index is 2.46. The first-order chi connectivity index (χ1) is 9.06. The fraction of sp³-hybridized carbons (Fsp3) is 0.647. The fourth-order valence-electron chi connectivity index (χ4n) is 3.43. The molecule has 0 radical (unpaired) electrons. The molecule has 0 aromatic heterocycles. The van der Waals surface area contributed by atoms with E-state index in [1.165, 1.54) is 53.7 Å². The van der Waals surface area contributed by atoms with E-state index in [-0.39, 0.29) is 6.61 Å². The Morgan fingerprint density at radius 3 is 2.05 bits per heavy atom. The van der Waals surface area contributed by atoms with Crippen molar-refractivity contribution in [2.24, 2.45) is 0 Å². The van der Waals surface area contributed by atoms with Crippen molar-refractivity contribution in [1.82, 2.24) is 4.90 Å². The number of benzene rings is 1. The third kappa shape index (κ3) is 2.85. The number of hydrogen-bond donors (Lipinski definition) is 1. The molecule has 1 aliphatic heterocycles. The van der Waals surface area contributed by atoms with Crippen LogP contribution in [-0.2, 0) is 0 Å². The third-order valence-electron chi connectivity index (χ3n) is 4.74. The molecule has 0 aliphatic carbocycles. The van der Waals surface area contributed by atoms with Crippen LogP contribution in [0.1, 0.15) is 53.1 Å². The van der Waals surface area contributed by atoms with Crippen LogP contribution in [0.25, 0.3) is 0 Å². The molecule has 0 amide bonds. The number of aliphatic hydroxyl groups is 1. The van der Waals surface area contributed by atoms with Gasteiger partial charge < -0.3 is 5.11 Å². The van der Waals surface area contributed by atoms with Crippen LogP contribution in [0.15, 0.2) is 6.07 Å². The lowest BCUT2D eigenvalue weighted by Crippen LogP contribution is -2.28. The molecule has 1 aromatic carbocycles. The van der Waals surface area contributed by atoms with Gasteiger partial charge in [-0.15, -0.1) is 0 Å². The predicted molar refractivity (Wildman–Crippen MR) is 80.6 cm³/mol. The van der Waals surface area contributed by atoms with Crippen LogP contribution in [0, 0.1) is 27.7 Å². The second-order valence-corrected chi connectivity index (χ2v) is 5.95. The van der Waals surface area contributed by atoms with Gasteiger partial charge in [0, 0.05) is 12.6 Å². The normalized spacial score (nSPS) is 17.9. The van der Waals surface area contributed by atoms with Crippen molar-refractivity contribution in [2.75, 3.05) is 19.7 Å². The first-order valence-corrected chi connectivity index (χ1v) is 7.48. The number of aliphatic hydroxyl groups excluding tert-OH is 1. The highest BCUT2D eigenvalue weighted by molar-refractivity contribution is 5.45. The quantitative estimate of drug-likeness (QED) is 0.897. The Labute approximate surface area is 117 Å². The van der Waals surface area contributed by atoms with Gasteiger partial charge in [0.2, 0.25) is 0 Å². The summed E-state index contributed by atoms with van der Waals surface area (Å²) in [6.07, 6.45) is 3.44. The molecule has 2 rings (SSSR count). The summed E-state index contributed by atoms with van der Waals surface area (Å²) in [7, 11) is 0. The zero-order chi connectivity index (χ0) is 14.0. The van der Waals surface area contributed by atoms with Gasteiger partial charge in [0.15, 0.2) is 0 Å². The molecule has 1 atom stereocenters. The molecule has 19 heavy (non-hydrogen) atoms. The SMILES string of the molecule is Cc1cc(C)c(C)c(C(CCO)N2CCCC2)c1C. The van der Waals surface area contributed by atoms with Crippen LogP contribution in [0.4, 0.5) is 0 Å². The van der Waals surface area contributed by atoms with Crippen molar-refractivity contribution in [3.63, 3.8) is 0 Å². The van der Waals surface area contributed by atoms with Crippen molar-refractivity contribution in [2.45, 2.75) is 53.0 Å². The zero-order valence-corrected chi connectivity index (χ0v) is 12.8. The smallest absolute Gasteiger partial charge is 0.0449 e. The molecule has 1 saturated heterocycles. The standard InChI is InChI=1S/C17H27NO/c1-12-11-13(2)15(4)17(14(12)3)16(7-10-19)18-8-5-6-9-18/h11,16,19H,5-10H2,1-4H3. The number of likely N-dealkylation sites (tertiary alicyclic amines) is 1. The topological polar surface area (TPSA) is 23.5 Å². The molecule has 2 nitrogen and oxygen atoms in total. The molecule has 2 heteroatoms. The molecule has 1 aromatic rings. The van der Waals surface area contributed by atoms with Crippen LogP contribution in [-0.4, -0.2) is 29.7 Å². The van der Waals surface area contributed by atoms with Gasteiger partial charge in [0.1, 0.15) is 0 Å². The number of aryl methyl sites for hydroxylation is 2.